The van der Waals surface area contributed by atoms with Crippen LogP contribution < -0.4 is 5.32 Å². The lowest BCUT2D eigenvalue weighted by molar-refractivity contribution is -0.114. The summed E-state index contributed by atoms with van der Waals surface area (Å²) in [6.45, 7) is 4.32. The van der Waals surface area contributed by atoms with E-state index >= 15 is 0 Å². The molecule has 0 aromatic heterocycles. The molecule has 2 aliphatic heterocycles. The molecule has 0 atom stereocenters. The van der Waals surface area contributed by atoms with Gasteiger partial charge in [-0.3, -0.25) is 9.59 Å². The average molecular weight is 496 g/mol. The van der Waals surface area contributed by atoms with Crippen molar-refractivity contribution >= 4 is 11.7 Å². The lowest BCUT2D eigenvalue weighted by atomic mass is 9.86. The van der Waals surface area contributed by atoms with Crippen LogP contribution in [0.5, 0.6) is 0 Å². The molecular weight excluding hydrogens is 462 g/mol. The fourth-order valence-electron chi connectivity index (χ4n) is 5.11. The molecule has 1 saturated heterocycles. The second-order valence-corrected chi connectivity index (χ2v) is 9.70. The molecule has 0 spiro atoms. The van der Waals surface area contributed by atoms with Gasteiger partial charge in [0, 0.05) is 49.6 Å². The first-order chi connectivity index (χ1) is 18.2. The Kier molecular flexibility index (Phi) is 7.96. The molecule has 5 rings (SSSR count). The molecule has 2 aromatic rings. The molecule has 6 nitrogen and oxygen atoms in total. The number of nitrogens with one attached hydrogen (secondary N) is 1. The normalized spacial score (nSPS) is 18.3. The van der Waals surface area contributed by atoms with Crippen molar-refractivity contribution in [3.63, 3.8) is 0 Å². The van der Waals surface area contributed by atoms with E-state index in [1.165, 1.54) is 0 Å². The number of nitrogens with zero attached hydrogens (tertiary/aromatic N) is 2. The van der Waals surface area contributed by atoms with Crippen LogP contribution in [0.3, 0.4) is 0 Å². The highest BCUT2D eigenvalue weighted by Crippen LogP contribution is 2.30. The Labute approximate surface area is 218 Å². The maximum atomic E-state index is 13.0. The van der Waals surface area contributed by atoms with Crippen LogP contribution >= 0.6 is 0 Å². The minimum atomic E-state index is -0.00569. The van der Waals surface area contributed by atoms with Gasteiger partial charge in [-0.25, -0.2) is 0 Å². The number of ketones is 1. The fourth-order valence-corrected chi connectivity index (χ4v) is 5.11. The number of carbonyl (C=O) groups excluding carboxylic acids is 2. The van der Waals surface area contributed by atoms with Crippen LogP contribution in [-0.4, -0.2) is 47.7 Å². The Morgan fingerprint density at radius 1 is 1.00 bits per heavy atom. The third kappa shape index (κ3) is 6.46. The van der Waals surface area contributed by atoms with Crippen molar-refractivity contribution < 1.29 is 14.3 Å². The summed E-state index contributed by atoms with van der Waals surface area (Å²) in [5, 5.41) is 3.09. The number of amides is 1. The number of carbonyl (C=O) groups is 2. The number of hydrogen-bond acceptors (Lipinski definition) is 5. The van der Waals surface area contributed by atoms with E-state index in [4.69, 9.17) is 4.74 Å². The van der Waals surface area contributed by atoms with E-state index in [2.05, 4.69) is 21.2 Å². The topological polar surface area (TPSA) is 61.9 Å². The van der Waals surface area contributed by atoms with Crippen molar-refractivity contribution in [1.82, 2.24) is 15.1 Å². The Morgan fingerprint density at radius 3 is 2.59 bits per heavy atom. The molecule has 1 aliphatic carbocycles. The second kappa shape index (κ2) is 11.9. The van der Waals surface area contributed by atoms with Crippen molar-refractivity contribution in [3.05, 3.63) is 120 Å². The molecule has 1 N–H and O–H groups in total. The Bertz CT molecular complexity index is 1240. The number of likely N-dealkylation sites (tertiary alicyclic amines) is 1. The van der Waals surface area contributed by atoms with Gasteiger partial charge in [0.25, 0.3) is 5.91 Å². The van der Waals surface area contributed by atoms with E-state index in [0.29, 0.717) is 18.9 Å². The van der Waals surface area contributed by atoms with E-state index in [-0.39, 0.29) is 11.7 Å². The first-order valence-corrected chi connectivity index (χ1v) is 13.0. The zero-order chi connectivity index (χ0) is 25.5. The lowest BCUT2D eigenvalue weighted by Gasteiger charge is -2.34. The molecule has 0 radical (unpaired) electrons. The molecule has 1 amide bonds. The van der Waals surface area contributed by atoms with Gasteiger partial charge < -0.3 is 19.9 Å². The van der Waals surface area contributed by atoms with Crippen LogP contribution in [0.15, 0.2) is 103 Å². The quantitative estimate of drug-likeness (QED) is 0.565. The highest BCUT2D eigenvalue weighted by Gasteiger charge is 2.24. The summed E-state index contributed by atoms with van der Waals surface area (Å²) in [5.74, 6) is 1.21. The van der Waals surface area contributed by atoms with Gasteiger partial charge in [0.2, 0.25) is 0 Å². The molecule has 2 aromatic carbocycles. The van der Waals surface area contributed by atoms with Crippen LogP contribution in [0, 0.1) is 0 Å². The van der Waals surface area contributed by atoms with Crippen LogP contribution in [0.25, 0.3) is 0 Å². The summed E-state index contributed by atoms with van der Waals surface area (Å²) in [4.78, 5) is 29.4. The predicted molar refractivity (Wildman–Crippen MR) is 144 cm³/mol. The van der Waals surface area contributed by atoms with Gasteiger partial charge in [0.1, 0.15) is 12.0 Å². The Hall–Kier alpha value is -3.90. The zero-order valence-electron chi connectivity index (χ0n) is 21.0. The van der Waals surface area contributed by atoms with E-state index in [9.17, 15) is 9.59 Å². The first kappa shape index (κ1) is 24.8. The molecular formula is C31H33N3O3. The molecule has 6 heteroatoms. The van der Waals surface area contributed by atoms with E-state index in [1.807, 2.05) is 67.0 Å². The fraction of sp³-hybridized carbons (Fsp3) is 0.290. The summed E-state index contributed by atoms with van der Waals surface area (Å²) in [5.41, 5.74) is 3.95. The summed E-state index contributed by atoms with van der Waals surface area (Å²) < 4.78 is 5.66. The van der Waals surface area contributed by atoms with Crippen molar-refractivity contribution in [3.8, 4) is 0 Å². The maximum Gasteiger partial charge on any atom is 0.251 e. The summed E-state index contributed by atoms with van der Waals surface area (Å²) >= 11 is 0. The Morgan fingerprint density at radius 2 is 1.78 bits per heavy atom. The second-order valence-electron chi connectivity index (χ2n) is 9.70. The molecule has 2 heterocycles. The zero-order valence-corrected chi connectivity index (χ0v) is 21.0. The van der Waals surface area contributed by atoms with Gasteiger partial charge in [-0.2, -0.15) is 0 Å². The van der Waals surface area contributed by atoms with Gasteiger partial charge in [0.05, 0.1) is 0 Å². The van der Waals surface area contributed by atoms with Crippen LogP contribution in [0.2, 0.25) is 0 Å². The largest absolute Gasteiger partial charge is 0.462 e. The third-order valence-electron chi connectivity index (χ3n) is 7.19. The van der Waals surface area contributed by atoms with Gasteiger partial charge in [-0.05, 0) is 55.1 Å². The van der Waals surface area contributed by atoms with Crippen LogP contribution in [0.1, 0.15) is 46.7 Å². The monoisotopic (exact) mass is 495 g/mol. The molecule has 190 valence electrons. The SMILES string of the molecule is O=C1C=CC=C(C2=CN(CCN3CCC(c4ccccc4C(=O)NCc4ccccc4)CC3)C=CO2)C1. The summed E-state index contributed by atoms with van der Waals surface area (Å²) in [6, 6.07) is 18.1. The maximum absolute atomic E-state index is 13.0. The number of hydrogen-bond donors (Lipinski definition) is 1. The van der Waals surface area contributed by atoms with Gasteiger partial charge >= 0.3 is 0 Å². The van der Waals surface area contributed by atoms with Crippen LogP contribution in [0.4, 0.5) is 0 Å². The van der Waals surface area contributed by atoms with Crippen molar-refractivity contribution in [2.45, 2.75) is 31.7 Å². The number of allylic oxidation sites excluding steroid dienone is 4. The average Bonchev–Trinajstić information content (AvgIpc) is 2.96. The van der Waals surface area contributed by atoms with Gasteiger partial charge in [0.15, 0.2) is 5.78 Å². The molecule has 3 aliphatic rings. The molecule has 0 saturated carbocycles. The van der Waals surface area contributed by atoms with Crippen molar-refractivity contribution in [2.24, 2.45) is 0 Å². The number of piperidine rings is 1. The minimum Gasteiger partial charge on any atom is -0.462 e. The van der Waals surface area contributed by atoms with E-state index in [1.54, 1.807) is 18.4 Å². The van der Waals surface area contributed by atoms with Gasteiger partial charge in [-0.1, -0.05) is 60.7 Å². The highest BCUT2D eigenvalue weighted by molar-refractivity contribution is 5.96. The summed E-state index contributed by atoms with van der Waals surface area (Å²) in [7, 11) is 0. The van der Waals surface area contributed by atoms with Crippen molar-refractivity contribution in [1.29, 1.82) is 0 Å². The third-order valence-corrected chi connectivity index (χ3v) is 7.19. The molecule has 1 fully saturated rings. The molecule has 37 heavy (non-hydrogen) atoms. The van der Waals surface area contributed by atoms with Crippen LogP contribution in [-0.2, 0) is 16.1 Å². The molecule has 0 unspecified atom stereocenters. The predicted octanol–water partition coefficient (Wildman–Crippen LogP) is 4.90. The van der Waals surface area contributed by atoms with Gasteiger partial charge in [-0.15, -0.1) is 0 Å². The van der Waals surface area contributed by atoms with Crippen molar-refractivity contribution in [2.75, 3.05) is 26.2 Å². The number of rotatable bonds is 8. The van der Waals surface area contributed by atoms with E-state index < -0.39 is 0 Å². The smallest absolute Gasteiger partial charge is 0.251 e. The first-order valence-electron chi connectivity index (χ1n) is 13.0. The highest BCUT2D eigenvalue weighted by atomic mass is 16.5. The standard InChI is InChI=1S/C31H33N3O3/c35-27-10-6-9-26(21-27)30-23-34(19-20-37-30)18-17-33-15-13-25(14-16-33)28-11-4-5-12-29(28)31(36)32-22-24-7-2-1-3-8-24/h1-12,19-20,23,25H,13-18,21-22H2,(H,32,36). The number of benzene rings is 2. The number of ether oxygens (including phenoxy) is 1. The lowest BCUT2D eigenvalue weighted by Crippen LogP contribution is -2.38. The molecule has 0 bridgehead atoms. The van der Waals surface area contributed by atoms with E-state index in [0.717, 1.165) is 67.0 Å². The summed E-state index contributed by atoms with van der Waals surface area (Å²) in [6.07, 6.45) is 13.4. The Balaban J connectivity index is 1.13. The minimum absolute atomic E-state index is 0.00569.